The molecule has 0 saturated heterocycles. The Bertz CT molecular complexity index is 1630. The molecule has 0 unspecified atom stereocenters. The van der Waals surface area contributed by atoms with E-state index in [2.05, 4.69) is 5.32 Å². The van der Waals surface area contributed by atoms with Crippen LogP contribution < -0.4 is 11.1 Å². The smallest absolute Gasteiger partial charge is 0.255 e. The van der Waals surface area contributed by atoms with Crippen molar-refractivity contribution in [3.05, 3.63) is 81.6 Å². The van der Waals surface area contributed by atoms with E-state index >= 15 is 0 Å². The van der Waals surface area contributed by atoms with Gasteiger partial charge in [0.05, 0.1) is 28.7 Å². The lowest BCUT2D eigenvalue weighted by atomic mass is 9.42. The molecule has 11 nitrogen and oxygen atoms in total. The highest BCUT2D eigenvalue weighted by Crippen LogP contribution is 2.66. The number of phenolic OH excluding ortho intramolecular Hbond substituents is 1. The Balaban J connectivity index is 1.64. The van der Waals surface area contributed by atoms with Gasteiger partial charge in [0.2, 0.25) is 5.78 Å². The molecule has 2 aromatic rings. The number of primary amides is 1. The number of rotatable bonds is 7. The van der Waals surface area contributed by atoms with Crippen LogP contribution in [0.25, 0.3) is 5.76 Å². The van der Waals surface area contributed by atoms with E-state index in [-0.39, 0.29) is 17.9 Å². The number of aromatic hydroxyl groups is 1. The minimum absolute atomic E-state index is 0.0327. The van der Waals surface area contributed by atoms with Crippen LogP contribution in [0.5, 0.6) is 5.75 Å². The second kappa shape index (κ2) is 10.6. The molecule has 3 aliphatic rings. The second-order valence-electron chi connectivity index (χ2n) is 12.7. The standard InChI is InChI=1S/C33H39N3O8/c1-16-19-12-11-18(15-35-14-13-17-9-7-6-8-10-17)23(37)20(19)24(38)22-28(41)33(44)27(40)21(29(34)42)25(39)26(36(4)5)32(33,3)30(43)31(16,22)2/h6-12,16,26,30,35,37-38,40,43-44H,13-15H2,1-5H3,(H2,34,42)/t16-,26+,30-,31+,32+,33+/m0/s1. The third-order valence-electron chi connectivity index (χ3n) is 10.3. The summed E-state index contributed by atoms with van der Waals surface area (Å²) in [7, 11) is 2.95. The predicted octanol–water partition coefficient (Wildman–Crippen LogP) is 1.61. The zero-order valence-electron chi connectivity index (χ0n) is 25.4. The Hall–Kier alpha value is -4.03. The van der Waals surface area contributed by atoms with Gasteiger partial charge in [-0.3, -0.25) is 19.3 Å². The third kappa shape index (κ3) is 3.93. The summed E-state index contributed by atoms with van der Waals surface area (Å²) >= 11 is 0. The zero-order valence-corrected chi connectivity index (χ0v) is 25.4. The van der Waals surface area contributed by atoms with Crippen molar-refractivity contribution >= 4 is 23.2 Å². The molecule has 234 valence electrons. The van der Waals surface area contributed by atoms with E-state index in [1.807, 2.05) is 30.3 Å². The van der Waals surface area contributed by atoms with Gasteiger partial charge in [-0.05, 0) is 44.1 Å². The largest absolute Gasteiger partial charge is 0.508 e. The van der Waals surface area contributed by atoms with Crippen molar-refractivity contribution in [2.75, 3.05) is 20.6 Å². The van der Waals surface area contributed by atoms with Crippen LogP contribution in [0.15, 0.2) is 59.4 Å². The Morgan fingerprint density at radius 1 is 1.05 bits per heavy atom. The number of ketones is 2. The van der Waals surface area contributed by atoms with E-state index in [1.54, 1.807) is 19.1 Å². The summed E-state index contributed by atoms with van der Waals surface area (Å²) in [5.41, 5.74) is -0.683. The average molecular weight is 606 g/mol. The highest BCUT2D eigenvalue weighted by Gasteiger charge is 2.77. The number of phenols is 1. The van der Waals surface area contributed by atoms with Crippen LogP contribution >= 0.6 is 0 Å². The number of hydrogen-bond donors (Lipinski definition) is 7. The maximum absolute atomic E-state index is 14.5. The Morgan fingerprint density at radius 2 is 1.68 bits per heavy atom. The quantitative estimate of drug-likeness (QED) is 0.180. The first-order valence-corrected chi connectivity index (χ1v) is 14.5. The topological polar surface area (TPSA) is 194 Å². The lowest BCUT2D eigenvalue weighted by Crippen LogP contribution is -2.78. The van der Waals surface area contributed by atoms with E-state index in [0.29, 0.717) is 17.7 Å². The highest BCUT2D eigenvalue weighted by molar-refractivity contribution is 6.25. The molecule has 0 radical (unpaired) electrons. The number of carbonyl (C=O) groups is 3. The molecule has 3 aliphatic carbocycles. The van der Waals surface area contributed by atoms with Gasteiger partial charge in [0, 0.05) is 17.5 Å². The van der Waals surface area contributed by atoms with Crippen LogP contribution in [-0.2, 0) is 27.3 Å². The summed E-state index contributed by atoms with van der Waals surface area (Å²) in [5.74, 6) is -6.46. The van der Waals surface area contributed by atoms with Gasteiger partial charge >= 0.3 is 0 Å². The fourth-order valence-corrected chi connectivity index (χ4v) is 7.82. The van der Waals surface area contributed by atoms with Gasteiger partial charge in [-0.2, -0.15) is 0 Å². The molecule has 0 aliphatic heterocycles. The van der Waals surface area contributed by atoms with E-state index in [1.165, 1.54) is 32.8 Å². The number of likely N-dealkylation sites (N-methyl/N-ethyl adjacent to an activating group) is 1. The number of aliphatic hydroxyl groups is 4. The molecule has 8 N–H and O–H groups in total. The zero-order chi connectivity index (χ0) is 32.5. The van der Waals surface area contributed by atoms with Crippen LogP contribution in [0.4, 0.5) is 0 Å². The molecule has 0 bridgehead atoms. The molecule has 0 spiro atoms. The van der Waals surface area contributed by atoms with Gasteiger partial charge in [-0.1, -0.05) is 63.2 Å². The molecule has 0 aromatic heterocycles. The van der Waals surface area contributed by atoms with Crippen LogP contribution in [0.1, 0.15) is 48.9 Å². The molecule has 0 heterocycles. The molecule has 1 amide bonds. The van der Waals surface area contributed by atoms with Crippen molar-refractivity contribution < 1.29 is 39.9 Å². The summed E-state index contributed by atoms with van der Waals surface area (Å²) in [4.78, 5) is 41.7. The number of hydrogen-bond acceptors (Lipinski definition) is 10. The van der Waals surface area contributed by atoms with Gasteiger partial charge in [0.25, 0.3) is 5.91 Å². The second-order valence-corrected chi connectivity index (χ2v) is 12.7. The van der Waals surface area contributed by atoms with Crippen molar-refractivity contribution in [1.29, 1.82) is 0 Å². The summed E-state index contributed by atoms with van der Waals surface area (Å²) in [5, 5.41) is 62.0. The van der Waals surface area contributed by atoms with Crippen molar-refractivity contribution in [2.24, 2.45) is 16.6 Å². The van der Waals surface area contributed by atoms with Crippen LogP contribution in [-0.4, -0.2) is 86.3 Å². The third-order valence-corrected chi connectivity index (χ3v) is 10.3. The lowest BCUT2D eigenvalue weighted by molar-refractivity contribution is -0.211. The highest BCUT2D eigenvalue weighted by atomic mass is 16.4. The number of amides is 1. The SMILES string of the molecule is C[C@H]1c2ccc(CNCCc3ccccc3)c(O)c2C(O)=C2C(=O)[C@]3(O)C(O)=C(C(N)=O)C(=O)[C@@H](N(C)C)[C@]3(C)[C@@H](O)[C@@]21C. The summed E-state index contributed by atoms with van der Waals surface area (Å²) in [6.45, 7) is 5.41. The number of fused-ring (bicyclic) bond motifs is 3. The molecule has 5 rings (SSSR count). The van der Waals surface area contributed by atoms with E-state index < -0.39 is 74.6 Å². The molecule has 11 heteroatoms. The van der Waals surface area contributed by atoms with Gasteiger partial charge in [-0.25, -0.2) is 0 Å². The van der Waals surface area contributed by atoms with Gasteiger partial charge < -0.3 is 36.6 Å². The number of nitrogens with zero attached hydrogens (tertiary/aromatic N) is 1. The van der Waals surface area contributed by atoms with E-state index in [0.717, 1.165) is 12.0 Å². The van der Waals surface area contributed by atoms with E-state index in [4.69, 9.17) is 5.73 Å². The normalized spacial score (nSPS) is 31.6. The number of benzene rings is 2. The lowest BCUT2D eigenvalue weighted by Gasteiger charge is -2.63. The first kappa shape index (κ1) is 31.4. The van der Waals surface area contributed by atoms with Crippen molar-refractivity contribution in [3.8, 4) is 5.75 Å². The van der Waals surface area contributed by atoms with E-state index in [9.17, 15) is 39.9 Å². The summed E-state index contributed by atoms with van der Waals surface area (Å²) in [6, 6.07) is 11.8. The Labute approximate surface area is 255 Å². The molecule has 44 heavy (non-hydrogen) atoms. The first-order valence-electron chi connectivity index (χ1n) is 14.5. The minimum atomic E-state index is -3.02. The molecular weight excluding hydrogens is 566 g/mol. The maximum Gasteiger partial charge on any atom is 0.255 e. The molecular formula is C33H39N3O8. The number of carbonyl (C=O) groups excluding carboxylic acids is 3. The van der Waals surface area contributed by atoms with Crippen LogP contribution in [0.3, 0.4) is 0 Å². The van der Waals surface area contributed by atoms with Crippen molar-refractivity contribution in [3.63, 3.8) is 0 Å². The van der Waals surface area contributed by atoms with Crippen LogP contribution in [0.2, 0.25) is 0 Å². The number of nitrogens with two attached hydrogens (primary N) is 1. The first-order chi connectivity index (χ1) is 20.6. The molecule has 1 saturated carbocycles. The Morgan fingerprint density at radius 3 is 2.27 bits per heavy atom. The van der Waals surface area contributed by atoms with Gasteiger partial charge in [-0.15, -0.1) is 0 Å². The fraction of sp³-hybridized carbons (Fsp3) is 0.424. The number of nitrogens with one attached hydrogen (secondary N) is 1. The average Bonchev–Trinajstić information content (AvgIpc) is 2.96. The Kier molecular flexibility index (Phi) is 7.53. The molecule has 6 atom stereocenters. The van der Waals surface area contributed by atoms with Crippen LogP contribution in [0, 0.1) is 10.8 Å². The van der Waals surface area contributed by atoms with Gasteiger partial charge in [0.1, 0.15) is 22.8 Å². The minimum Gasteiger partial charge on any atom is -0.508 e. The number of Topliss-reactive ketones (excluding diaryl/α,β-unsaturated/α-hetero) is 2. The van der Waals surface area contributed by atoms with Crippen molar-refractivity contribution in [1.82, 2.24) is 10.2 Å². The van der Waals surface area contributed by atoms with Gasteiger partial charge in [0.15, 0.2) is 11.4 Å². The maximum atomic E-state index is 14.5. The fourth-order valence-electron chi connectivity index (χ4n) is 7.82. The summed E-state index contributed by atoms with van der Waals surface area (Å²) in [6.07, 6.45) is -0.978. The number of aliphatic hydroxyl groups excluding tert-OH is 3. The summed E-state index contributed by atoms with van der Waals surface area (Å²) < 4.78 is 0. The monoisotopic (exact) mass is 605 g/mol. The molecule has 2 aromatic carbocycles. The predicted molar refractivity (Wildman–Crippen MR) is 161 cm³/mol. The molecule has 1 fully saturated rings. The van der Waals surface area contributed by atoms with Crippen molar-refractivity contribution in [2.45, 2.75) is 57.4 Å².